The van der Waals surface area contributed by atoms with Crippen LogP contribution in [0.25, 0.3) is 0 Å². The van der Waals surface area contributed by atoms with E-state index in [9.17, 15) is 0 Å². The van der Waals surface area contributed by atoms with E-state index in [1.165, 1.54) is 21.5 Å². The largest absolute Gasteiger partial charge is 1.00 e. The molecule has 0 radical (unpaired) electrons. The van der Waals surface area contributed by atoms with Crippen LogP contribution in [-0.2, 0) is 4.74 Å². The molecule has 0 amide bonds. The molecule has 4 heteroatoms. The van der Waals surface area contributed by atoms with E-state index >= 15 is 0 Å². The van der Waals surface area contributed by atoms with Crippen molar-refractivity contribution in [2.24, 2.45) is 0 Å². The Balaban J connectivity index is 0.00000169. The Morgan fingerprint density at radius 1 is 1.04 bits per heavy atom. The lowest BCUT2D eigenvalue weighted by atomic mass is 10.1. The molecule has 2 aliphatic heterocycles. The zero-order valence-corrected chi connectivity index (χ0v) is 16.5. The quantitative estimate of drug-likeness (QED) is 0.486. The first kappa shape index (κ1) is 17.2. The van der Waals surface area contributed by atoms with Gasteiger partial charge in [-0.05, 0) is 23.4 Å². The Labute approximate surface area is 151 Å². The summed E-state index contributed by atoms with van der Waals surface area (Å²) in [4.78, 5) is 0. The van der Waals surface area contributed by atoms with Gasteiger partial charge in [0.05, 0.1) is 5.56 Å². The molecule has 2 aromatic carbocycles. The van der Waals surface area contributed by atoms with Gasteiger partial charge < -0.3 is 17.1 Å². The fourth-order valence-electron chi connectivity index (χ4n) is 3.91. The Morgan fingerprint density at radius 3 is 2.42 bits per heavy atom. The molecule has 0 aromatic heterocycles. The van der Waals surface area contributed by atoms with Crippen molar-refractivity contribution < 1.29 is 21.7 Å². The van der Waals surface area contributed by atoms with Crippen LogP contribution in [0.5, 0.6) is 0 Å². The maximum absolute atomic E-state index is 6.11. The summed E-state index contributed by atoms with van der Waals surface area (Å²) in [6.45, 7) is 10.0. The molecule has 2 heterocycles. The first-order valence-corrected chi connectivity index (χ1v) is 11.1. The predicted molar refractivity (Wildman–Crippen MR) is 97.8 cm³/mol. The van der Waals surface area contributed by atoms with Gasteiger partial charge >= 0.3 is 5.90 Å². The first-order chi connectivity index (χ1) is 10.9. The minimum absolute atomic E-state index is 0. The second-order valence-electron chi connectivity index (χ2n) is 7.74. The van der Waals surface area contributed by atoms with Crippen molar-refractivity contribution in [1.82, 2.24) is 0 Å². The molecule has 0 aliphatic carbocycles. The first-order valence-electron chi connectivity index (χ1n) is 8.36. The van der Waals surface area contributed by atoms with E-state index in [0.29, 0.717) is 0 Å². The molecule has 0 fully saturated rings. The van der Waals surface area contributed by atoms with Gasteiger partial charge in [-0.3, -0.25) is 0 Å². The molecule has 0 saturated heterocycles. The van der Waals surface area contributed by atoms with E-state index in [1.54, 1.807) is 0 Å². The van der Waals surface area contributed by atoms with E-state index in [2.05, 4.69) is 80.4 Å². The highest BCUT2D eigenvalue weighted by molar-refractivity contribution is 7.02. The molecule has 0 N–H and O–H groups in total. The van der Waals surface area contributed by atoms with Gasteiger partial charge in [-0.15, -0.1) is 0 Å². The molecular formula is C20H24ClNOSi. The van der Waals surface area contributed by atoms with Crippen molar-refractivity contribution in [3.05, 3.63) is 59.7 Å². The second-order valence-corrected chi connectivity index (χ2v) is 11.8. The Bertz CT molecular complexity index is 813. The van der Waals surface area contributed by atoms with E-state index < -0.39 is 8.07 Å². The summed E-state index contributed by atoms with van der Waals surface area (Å²) >= 11 is 0. The average Bonchev–Trinajstić information content (AvgIpc) is 2.83. The lowest BCUT2D eigenvalue weighted by molar-refractivity contribution is -0.575. The predicted octanol–water partition coefficient (Wildman–Crippen LogP) is -0.687. The van der Waals surface area contributed by atoms with Crippen LogP contribution < -0.4 is 22.8 Å². The highest BCUT2D eigenvalue weighted by Crippen LogP contribution is 2.26. The summed E-state index contributed by atoms with van der Waals surface area (Å²) in [5.41, 5.74) is 2.70. The number of hydrogen-bond acceptors (Lipinski definition) is 1. The van der Waals surface area contributed by atoms with E-state index in [1.807, 2.05) is 0 Å². The smallest absolute Gasteiger partial charge is 0.370 e. The SMILES string of the molecule is Cc1ccc([Si]2(C)C[N+]3=C(OCC3(C)C)c3ccccc32)cc1.[Cl-]. The Kier molecular flexibility index (Phi) is 4.13. The fraction of sp³-hybridized carbons (Fsp3) is 0.350. The summed E-state index contributed by atoms with van der Waals surface area (Å²) in [7, 11) is -1.81. The van der Waals surface area contributed by atoms with Gasteiger partial charge in [0.15, 0.2) is 20.2 Å². The van der Waals surface area contributed by atoms with Gasteiger partial charge in [-0.1, -0.05) is 54.6 Å². The summed E-state index contributed by atoms with van der Waals surface area (Å²) in [6, 6.07) is 18.0. The summed E-state index contributed by atoms with van der Waals surface area (Å²) < 4.78 is 8.63. The van der Waals surface area contributed by atoms with Gasteiger partial charge in [-0.2, -0.15) is 4.58 Å². The van der Waals surface area contributed by atoms with Crippen LogP contribution in [0, 0.1) is 6.92 Å². The van der Waals surface area contributed by atoms with Crippen molar-refractivity contribution in [2.75, 3.05) is 12.8 Å². The molecule has 1 unspecified atom stereocenters. The molecule has 0 spiro atoms. The lowest BCUT2D eigenvalue weighted by Gasteiger charge is -2.32. The zero-order valence-electron chi connectivity index (χ0n) is 14.8. The maximum atomic E-state index is 6.11. The van der Waals surface area contributed by atoms with E-state index in [4.69, 9.17) is 4.74 Å². The van der Waals surface area contributed by atoms with Crippen LogP contribution in [-0.4, -0.2) is 36.9 Å². The minimum Gasteiger partial charge on any atom is -1.00 e. The van der Waals surface area contributed by atoms with Crippen LogP contribution in [0.15, 0.2) is 48.5 Å². The summed E-state index contributed by atoms with van der Waals surface area (Å²) in [6.07, 6.45) is 1.09. The Hall–Kier alpha value is -1.58. The Morgan fingerprint density at radius 2 is 1.71 bits per heavy atom. The number of fused-ring (bicyclic) bond motifs is 2. The van der Waals surface area contributed by atoms with Crippen molar-refractivity contribution >= 4 is 24.3 Å². The number of aryl methyl sites for hydroxylation is 1. The normalized spacial score (nSPS) is 23.8. The molecule has 1 atom stereocenters. The molecule has 126 valence electrons. The van der Waals surface area contributed by atoms with Gasteiger partial charge in [0.1, 0.15) is 6.17 Å². The molecule has 24 heavy (non-hydrogen) atoms. The van der Waals surface area contributed by atoms with Crippen LogP contribution in [0.1, 0.15) is 25.0 Å². The molecule has 2 nitrogen and oxygen atoms in total. The number of hydrogen-bond donors (Lipinski definition) is 0. The third-order valence-corrected chi connectivity index (χ3v) is 9.63. The zero-order chi connectivity index (χ0) is 16.2. The summed E-state index contributed by atoms with van der Waals surface area (Å²) in [5, 5.41) is 3.02. The van der Waals surface area contributed by atoms with Gasteiger partial charge in [0.25, 0.3) is 0 Å². The third-order valence-electron chi connectivity index (χ3n) is 5.45. The maximum Gasteiger partial charge on any atom is 0.370 e. The number of ether oxygens (including phenoxy) is 1. The van der Waals surface area contributed by atoms with Crippen LogP contribution in [0.4, 0.5) is 0 Å². The van der Waals surface area contributed by atoms with E-state index in [-0.39, 0.29) is 17.9 Å². The van der Waals surface area contributed by atoms with Crippen LogP contribution in [0.2, 0.25) is 6.55 Å². The topological polar surface area (TPSA) is 12.2 Å². The van der Waals surface area contributed by atoms with Gasteiger partial charge in [-0.25, -0.2) is 0 Å². The number of halogens is 1. The minimum atomic E-state index is -1.81. The molecule has 2 aliphatic rings. The van der Waals surface area contributed by atoms with E-state index in [0.717, 1.165) is 18.7 Å². The lowest BCUT2D eigenvalue weighted by Crippen LogP contribution is -3.00. The monoisotopic (exact) mass is 357 g/mol. The summed E-state index contributed by atoms with van der Waals surface area (Å²) in [5.74, 6) is 1.09. The number of nitrogens with zero attached hydrogens (tertiary/aromatic N) is 1. The van der Waals surface area contributed by atoms with Crippen molar-refractivity contribution in [2.45, 2.75) is 32.9 Å². The molecule has 4 rings (SSSR count). The molecular weight excluding hydrogens is 334 g/mol. The second kappa shape index (κ2) is 5.75. The third kappa shape index (κ3) is 2.42. The van der Waals surface area contributed by atoms with Crippen LogP contribution in [0.3, 0.4) is 0 Å². The van der Waals surface area contributed by atoms with Gasteiger partial charge in [0, 0.05) is 13.8 Å². The molecule has 2 aromatic rings. The molecule has 0 saturated carbocycles. The number of benzene rings is 2. The van der Waals surface area contributed by atoms with Gasteiger partial charge in [0.2, 0.25) is 0 Å². The number of rotatable bonds is 1. The van der Waals surface area contributed by atoms with Crippen molar-refractivity contribution in [3.63, 3.8) is 0 Å². The molecule has 0 bridgehead atoms. The highest BCUT2D eigenvalue weighted by Gasteiger charge is 2.53. The highest BCUT2D eigenvalue weighted by atomic mass is 35.5. The van der Waals surface area contributed by atoms with Crippen LogP contribution >= 0.6 is 0 Å². The fourth-order valence-corrected chi connectivity index (χ4v) is 7.92. The standard InChI is InChI=1S/C20H24NOSi.ClH/c1-15-9-11-16(12-10-15)23(4)14-21-19(22-13-20(21,2)3)17-7-5-6-8-18(17)23;/h5-12H,13-14H2,1-4H3;1H/q+1;/p-1. The average molecular weight is 358 g/mol. The van der Waals surface area contributed by atoms with Crippen molar-refractivity contribution in [3.8, 4) is 0 Å². The van der Waals surface area contributed by atoms with Crippen molar-refractivity contribution in [1.29, 1.82) is 0 Å².